The number of hydrogen-bond donors (Lipinski definition) is 1. The van der Waals surface area contributed by atoms with Crippen LogP contribution < -0.4 is 0 Å². The predicted octanol–water partition coefficient (Wildman–Crippen LogP) is 6.12. The van der Waals surface area contributed by atoms with Gasteiger partial charge in [-0.25, -0.2) is 4.79 Å². The quantitative estimate of drug-likeness (QED) is 0.220. The Morgan fingerprint density at radius 1 is 0.956 bits per heavy atom. The Labute approximate surface area is 268 Å². The van der Waals surface area contributed by atoms with Crippen molar-refractivity contribution in [1.29, 1.82) is 0 Å². The van der Waals surface area contributed by atoms with Crippen molar-refractivity contribution in [3.05, 3.63) is 72.9 Å². The van der Waals surface area contributed by atoms with Crippen LogP contribution in [0.15, 0.2) is 67.3 Å². The molecule has 0 amide bonds. The first-order valence-corrected chi connectivity index (χ1v) is 16.7. The number of esters is 1. The fourth-order valence-corrected chi connectivity index (χ4v) is 7.48. The lowest BCUT2D eigenvalue weighted by atomic mass is 9.87. The van der Waals surface area contributed by atoms with Crippen LogP contribution in [0.5, 0.6) is 0 Å². The van der Waals surface area contributed by atoms with E-state index in [1.165, 1.54) is 5.57 Å². The number of ether oxygens (including phenoxy) is 6. The maximum absolute atomic E-state index is 12.9. The van der Waals surface area contributed by atoms with Crippen LogP contribution in [0.1, 0.15) is 82.0 Å². The molecule has 0 bridgehead atoms. The fraction of sp³-hybridized carbons (Fsp3) is 0.649. The largest absolute Gasteiger partial charge is 0.453 e. The zero-order valence-corrected chi connectivity index (χ0v) is 27.2. The highest BCUT2D eigenvalue weighted by Crippen LogP contribution is 2.38. The van der Waals surface area contributed by atoms with Gasteiger partial charge in [0.15, 0.2) is 6.10 Å². The summed E-state index contributed by atoms with van der Waals surface area (Å²) in [5.41, 5.74) is 2.82. The fourth-order valence-electron chi connectivity index (χ4n) is 7.48. The molecule has 9 unspecified atom stereocenters. The van der Waals surface area contributed by atoms with Gasteiger partial charge in [0.2, 0.25) is 0 Å². The summed E-state index contributed by atoms with van der Waals surface area (Å²) in [6, 6.07) is 8.90. The average Bonchev–Trinajstić information content (AvgIpc) is 3.59. The van der Waals surface area contributed by atoms with Crippen molar-refractivity contribution in [2.24, 2.45) is 5.92 Å². The second-order valence-electron chi connectivity index (χ2n) is 13.4. The van der Waals surface area contributed by atoms with Gasteiger partial charge in [-0.3, -0.25) is 0 Å². The molecule has 0 aliphatic carbocycles. The van der Waals surface area contributed by atoms with Crippen molar-refractivity contribution in [2.45, 2.75) is 139 Å². The van der Waals surface area contributed by atoms with E-state index in [9.17, 15) is 9.90 Å². The van der Waals surface area contributed by atoms with Crippen LogP contribution in [-0.2, 0) is 28.4 Å². The van der Waals surface area contributed by atoms with Gasteiger partial charge in [0.1, 0.15) is 12.2 Å². The van der Waals surface area contributed by atoms with Crippen LogP contribution in [0.2, 0.25) is 0 Å². The van der Waals surface area contributed by atoms with E-state index in [0.29, 0.717) is 30.7 Å². The number of hydrogen-bond acceptors (Lipinski definition) is 8. The molecule has 12 atom stereocenters. The second kappa shape index (κ2) is 15.5. The smallest absolute Gasteiger partial charge is 0.338 e. The van der Waals surface area contributed by atoms with Crippen molar-refractivity contribution in [3.8, 4) is 0 Å². The Hall–Kier alpha value is -2.33. The van der Waals surface area contributed by atoms with Gasteiger partial charge in [0.05, 0.1) is 54.4 Å². The number of carbonyl (C=O) groups excluding carboxylic acids is 1. The third kappa shape index (κ3) is 8.34. The third-order valence-corrected chi connectivity index (χ3v) is 10.1. The summed E-state index contributed by atoms with van der Waals surface area (Å²) < 4.78 is 37.2. The summed E-state index contributed by atoms with van der Waals surface area (Å²) in [6.45, 7) is 16.7. The molecule has 4 fully saturated rings. The van der Waals surface area contributed by atoms with E-state index in [1.54, 1.807) is 37.5 Å². The molecule has 0 aromatic heterocycles. The number of aliphatic hydroxyl groups is 1. The number of rotatable bonds is 12. The normalized spacial score (nSPS) is 38.8. The van der Waals surface area contributed by atoms with E-state index >= 15 is 0 Å². The Balaban J connectivity index is 1.10. The predicted molar refractivity (Wildman–Crippen MR) is 172 cm³/mol. The molecule has 248 valence electrons. The van der Waals surface area contributed by atoms with Crippen molar-refractivity contribution in [1.82, 2.24) is 0 Å². The average molecular weight is 625 g/mol. The molecule has 4 aliphatic heterocycles. The van der Waals surface area contributed by atoms with Crippen molar-refractivity contribution in [2.75, 3.05) is 7.11 Å². The molecule has 0 spiro atoms. The first-order chi connectivity index (χ1) is 21.7. The molecule has 45 heavy (non-hydrogen) atoms. The molecular formula is C37H52O8. The van der Waals surface area contributed by atoms with Crippen LogP contribution >= 0.6 is 0 Å². The minimum absolute atomic E-state index is 0.0597. The molecule has 0 saturated carbocycles. The monoisotopic (exact) mass is 624 g/mol. The molecular weight excluding hydrogens is 572 g/mol. The minimum Gasteiger partial charge on any atom is -0.453 e. The number of carbonyl (C=O) groups is 1. The standard InChI is InChI=1S/C37H52O8/c1-7-11-32-36(45-37(39)26-12-9-8-10-13-26)33(40-6)21-34(44-32)35-30(38)20-29(43-35)15-14-28-19-23(3)31(42-28)17-16-27-18-22(2)24(4)25(5)41-27/h7-10,12-13,22,25,27-36,38H,1,3-4,11,14-21H2,2,5-6H3/t22?,25?,27?,28?,29?,30?,31?,32-,33?,34+,35?,36-/m0/s1. The molecule has 1 aromatic rings. The highest BCUT2D eigenvalue weighted by Gasteiger charge is 2.48. The molecule has 0 radical (unpaired) electrons. The molecule has 4 heterocycles. The summed E-state index contributed by atoms with van der Waals surface area (Å²) in [5.74, 6) is 0.0588. The van der Waals surface area contributed by atoms with Gasteiger partial charge in [0.25, 0.3) is 0 Å². The summed E-state index contributed by atoms with van der Waals surface area (Å²) in [7, 11) is 1.61. The van der Waals surface area contributed by atoms with E-state index in [-0.39, 0.29) is 30.5 Å². The molecule has 1 N–H and O–H groups in total. The summed E-state index contributed by atoms with van der Waals surface area (Å²) in [6.07, 6.45) is 5.96. The second-order valence-corrected chi connectivity index (χ2v) is 13.4. The van der Waals surface area contributed by atoms with E-state index in [2.05, 4.69) is 33.6 Å². The van der Waals surface area contributed by atoms with Gasteiger partial charge in [-0.05, 0) is 81.1 Å². The Kier molecular flexibility index (Phi) is 11.7. The molecule has 4 aliphatic rings. The van der Waals surface area contributed by atoms with Gasteiger partial charge >= 0.3 is 5.97 Å². The Morgan fingerprint density at radius 3 is 2.38 bits per heavy atom. The summed E-state index contributed by atoms with van der Waals surface area (Å²) in [5, 5.41) is 11.1. The Morgan fingerprint density at radius 2 is 1.67 bits per heavy atom. The summed E-state index contributed by atoms with van der Waals surface area (Å²) >= 11 is 0. The van der Waals surface area contributed by atoms with Crippen LogP contribution in [0, 0.1) is 5.92 Å². The molecule has 8 nitrogen and oxygen atoms in total. The van der Waals surface area contributed by atoms with Crippen LogP contribution in [0.25, 0.3) is 0 Å². The number of methoxy groups -OCH3 is 1. The van der Waals surface area contributed by atoms with Gasteiger partial charge in [-0.2, -0.15) is 0 Å². The lowest BCUT2D eigenvalue weighted by molar-refractivity contribution is -0.210. The maximum Gasteiger partial charge on any atom is 0.338 e. The van der Waals surface area contributed by atoms with Gasteiger partial charge in [0, 0.05) is 20.0 Å². The van der Waals surface area contributed by atoms with Gasteiger partial charge in [-0.1, -0.05) is 44.4 Å². The molecule has 4 saturated heterocycles. The lowest BCUT2D eigenvalue weighted by Crippen LogP contribution is -2.55. The van der Waals surface area contributed by atoms with Crippen LogP contribution in [0.4, 0.5) is 0 Å². The van der Waals surface area contributed by atoms with Crippen molar-refractivity contribution < 1.29 is 38.3 Å². The first kappa shape index (κ1) is 34.0. The van der Waals surface area contributed by atoms with E-state index in [1.807, 2.05) is 6.07 Å². The van der Waals surface area contributed by atoms with E-state index in [0.717, 1.165) is 44.1 Å². The molecule has 8 heteroatoms. The minimum atomic E-state index is -0.658. The highest BCUT2D eigenvalue weighted by molar-refractivity contribution is 5.89. The molecule has 1 aromatic carbocycles. The zero-order valence-electron chi connectivity index (χ0n) is 27.2. The summed E-state index contributed by atoms with van der Waals surface area (Å²) in [4.78, 5) is 12.9. The van der Waals surface area contributed by atoms with Gasteiger partial charge in [-0.15, -0.1) is 6.58 Å². The highest BCUT2D eigenvalue weighted by atomic mass is 16.6. The van der Waals surface area contributed by atoms with Crippen LogP contribution in [0.3, 0.4) is 0 Å². The van der Waals surface area contributed by atoms with E-state index < -0.39 is 42.6 Å². The molecule has 5 rings (SSSR count). The maximum atomic E-state index is 12.9. The van der Waals surface area contributed by atoms with Gasteiger partial charge < -0.3 is 33.5 Å². The zero-order chi connectivity index (χ0) is 32.1. The third-order valence-electron chi connectivity index (χ3n) is 10.1. The SMILES string of the molecule is C=CC[C@@H]1O[C@@H](C2OC(CCC3CC(=C)C(CCC4CC(C)C(=C)C(C)O4)O3)CC2O)CC(OC)[C@H]1OC(=O)c1ccccc1. The lowest BCUT2D eigenvalue weighted by Gasteiger charge is -2.42. The Bertz CT molecular complexity index is 1150. The van der Waals surface area contributed by atoms with Crippen LogP contribution in [-0.4, -0.2) is 85.3 Å². The number of benzene rings is 1. The van der Waals surface area contributed by atoms with Crippen molar-refractivity contribution in [3.63, 3.8) is 0 Å². The number of aliphatic hydroxyl groups excluding tert-OH is 1. The van der Waals surface area contributed by atoms with Crippen molar-refractivity contribution >= 4 is 5.97 Å². The van der Waals surface area contributed by atoms with E-state index in [4.69, 9.17) is 28.4 Å². The topological polar surface area (TPSA) is 92.7 Å². The first-order valence-electron chi connectivity index (χ1n) is 16.7.